The van der Waals surface area contributed by atoms with E-state index in [1.807, 2.05) is 16.2 Å². The number of amides is 1. The third-order valence-corrected chi connectivity index (χ3v) is 5.59. The third kappa shape index (κ3) is 5.78. The summed E-state index contributed by atoms with van der Waals surface area (Å²) < 4.78 is 12.6. The number of ether oxygens (including phenoxy) is 2. The molecule has 7 nitrogen and oxygen atoms in total. The number of esters is 1. The highest BCUT2D eigenvalue weighted by atomic mass is 32.1. The molecule has 0 aliphatic carbocycles. The summed E-state index contributed by atoms with van der Waals surface area (Å²) in [6.45, 7) is 6.19. The third-order valence-electron chi connectivity index (χ3n) is 4.21. The fraction of sp³-hybridized carbons (Fsp3) is 0.429. The van der Waals surface area contributed by atoms with Crippen LogP contribution in [0.4, 0.5) is 0 Å². The smallest absolute Gasteiger partial charge is 0.305 e. The molecule has 1 aromatic heterocycles. The number of aryl methyl sites for hydroxylation is 1. The predicted molar refractivity (Wildman–Crippen MR) is 110 cm³/mol. The van der Waals surface area contributed by atoms with Crippen molar-refractivity contribution >= 4 is 23.4 Å². The van der Waals surface area contributed by atoms with Crippen molar-refractivity contribution in [2.45, 2.75) is 45.6 Å². The number of methoxy groups -OCH3 is 2. The van der Waals surface area contributed by atoms with Crippen LogP contribution >= 0.6 is 11.5 Å². The molecule has 0 bridgehead atoms. The van der Waals surface area contributed by atoms with Crippen molar-refractivity contribution in [3.63, 3.8) is 0 Å². The predicted octanol–water partition coefficient (Wildman–Crippen LogP) is 3.42. The molecule has 1 heterocycles. The van der Waals surface area contributed by atoms with Gasteiger partial charge < -0.3 is 9.47 Å². The minimum atomic E-state index is -0.476. The lowest BCUT2D eigenvalue weighted by Gasteiger charge is -2.19. The van der Waals surface area contributed by atoms with Crippen molar-refractivity contribution in [2.75, 3.05) is 14.2 Å². The first-order chi connectivity index (χ1) is 13.7. The monoisotopic (exact) mass is 415 g/mol. The zero-order chi connectivity index (χ0) is 21.6. The van der Waals surface area contributed by atoms with Crippen LogP contribution in [0.5, 0.6) is 5.75 Å². The molecule has 0 unspecified atom stereocenters. The Morgan fingerprint density at radius 2 is 2.00 bits per heavy atom. The largest absolute Gasteiger partial charge is 0.496 e. The van der Waals surface area contributed by atoms with Crippen LogP contribution in [0.15, 0.2) is 29.4 Å². The molecule has 154 valence electrons. The van der Waals surface area contributed by atoms with E-state index < -0.39 is 5.91 Å². The highest BCUT2D eigenvalue weighted by Gasteiger charge is 2.18. The maximum atomic E-state index is 12.9. The van der Waals surface area contributed by atoms with Gasteiger partial charge in [0.05, 0.1) is 31.4 Å². The lowest BCUT2D eigenvalue weighted by Crippen LogP contribution is -2.18. The molecule has 0 saturated carbocycles. The first-order valence-electron chi connectivity index (χ1n) is 9.16. The standard InChI is InChI=1S/C21H25N3O4S/c1-21(2,3)24-13-15(7-6-8-18(25)28-5)20(29-24)23-19(26)16-11-14(12-22)9-10-17(16)27-4/h9-11,13H,6-8H2,1-5H3/b23-20-. The lowest BCUT2D eigenvalue weighted by molar-refractivity contribution is -0.140. The van der Waals surface area contributed by atoms with E-state index in [0.29, 0.717) is 35.2 Å². The Labute approximate surface area is 174 Å². The van der Waals surface area contributed by atoms with Crippen LogP contribution in [0.3, 0.4) is 0 Å². The van der Waals surface area contributed by atoms with Crippen molar-refractivity contribution in [3.8, 4) is 11.8 Å². The van der Waals surface area contributed by atoms with Crippen molar-refractivity contribution in [2.24, 2.45) is 4.99 Å². The van der Waals surface area contributed by atoms with Gasteiger partial charge in [-0.3, -0.25) is 13.5 Å². The lowest BCUT2D eigenvalue weighted by atomic mass is 10.1. The van der Waals surface area contributed by atoms with Crippen LogP contribution in [-0.4, -0.2) is 30.1 Å². The molecule has 1 amide bonds. The van der Waals surface area contributed by atoms with Gasteiger partial charge in [0.25, 0.3) is 5.91 Å². The van der Waals surface area contributed by atoms with Crippen LogP contribution in [0, 0.1) is 11.3 Å². The van der Waals surface area contributed by atoms with Crippen LogP contribution in [0.1, 0.15) is 55.1 Å². The summed E-state index contributed by atoms with van der Waals surface area (Å²) >= 11 is 1.38. The number of benzene rings is 1. The molecule has 0 aliphatic rings. The van der Waals surface area contributed by atoms with Gasteiger partial charge in [-0.15, -0.1) is 0 Å². The van der Waals surface area contributed by atoms with E-state index in [9.17, 15) is 9.59 Å². The minimum Gasteiger partial charge on any atom is -0.496 e. The topological polar surface area (TPSA) is 93.7 Å². The molecule has 0 spiro atoms. The molecule has 8 heteroatoms. The average Bonchev–Trinajstić information content (AvgIpc) is 3.10. The summed E-state index contributed by atoms with van der Waals surface area (Å²) in [6.07, 6.45) is 3.46. The van der Waals surface area contributed by atoms with Gasteiger partial charge >= 0.3 is 5.97 Å². The first kappa shape index (κ1) is 22.4. The number of nitrogens with zero attached hydrogens (tertiary/aromatic N) is 3. The normalized spacial score (nSPS) is 11.8. The second-order valence-electron chi connectivity index (χ2n) is 7.42. The van der Waals surface area contributed by atoms with E-state index in [4.69, 9.17) is 10.00 Å². The van der Waals surface area contributed by atoms with Crippen molar-refractivity contribution in [3.05, 3.63) is 45.8 Å². The molecule has 0 N–H and O–H groups in total. The second kappa shape index (κ2) is 9.52. The second-order valence-corrected chi connectivity index (χ2v) is 8.38. The van der Waals surface area contributed by atoms with Crippen LogP contribution in [0.25, 0.3) is 0 Å². The van der Waals surface area contributed by atoms with Gasteiger partial charge in [0.15, 0.2) is 0 Å². The maximum absolute atomic E-state index is 12.9. The summed E-state index contributed by atoms with van der Waals surface area (Å²) in [5.74, 6) is -0.377. The Morgan fingerprint density at radius 3 is 2.59 bits per heavy atom. The van der Waals surface area contributed by atoms with Gasteiger partial charge in [0.2, 0.25) is 0 Å². The van der Waals surface area contributed by atoms with Gasteiger partial charge in [0.1, 0.15) is 10.4 Å². The minimum absolute atomic E-state index is 0.170. The molecule has 0 radical (unpaired) electrons. The van der Waals surface area contributed by atoms with Gasteiger partial charge in [-0.05, 0) is 63.3 Å². The number of rotatable bonds is 6. The molecule has 1 aromatic carbocycles. The van der Waals surface area contributed by atoms with Crippen molar-refractivity contribution in [1.82, 2.24) is 3.96 Å². The molecule has 0 fully saturated rings. The summed E-state index contributed by atoms with van der Waals surface area (Å²) in [5, 5.41) is 9.12. The molecular weight excluding hydrogens is 390 g/mol. The number of aromatic nitrogens is 1. The highest BCUT2D eigenvalue weighted by Crippen LogP contribution is 2.21. The van der Waals surface area contributed by atoms with E-state index in [-0.39, 0.29) is 17.1 Å². The Balaban J connectivity index is 2.45. The maximum Gasteiger partial charge on any atom is 0.305 e. The molecule has 29 heavy (non-hydrogen) atoms. The van der Waals surface area contributed by atoms with Crippen molar-refractivity contribution in [1.29, 1.82) is 5.26 Å². The summed E-state index contributed by atoms with van der Waals surface area (Å²) in [7, 11) is 2.83. The van der Waals surface area contributed by atoms with Crippen LogP contribution < -0.4 is 9.41 Å². The molecule has 2 aromatic rings. The Kier molecular flexibility index (Phi) is 7.35. The highest BCUT2D eigenvalue weighted by molar-refractivity contribution is 7.04. The fourth-order valence-corrected chi connectivity index (χ4v) is 3.63. The van der Waals surface area contributed by atoms with Crippen LogP contribution in [0.2, 0.25) is 0 Å². The first-order valence-corrected chi connectivity index (χ1v) is 9.93. The fourth-order valence-electron chi connectivity index (χ4n) is 2.59. The van der Waals surface area contributed by atoms with Gasteiger partial charge in [-0.2, -0.15) is 10.3 Å². The molecular formula is C21H25N3O4S. The quantitative estimate of drug-likeness (QED) is 0.674. The molecule has 0 atom stereocenters. The Morgan fingerprint density at radius 1 is 1.28 bits per heavy atom. The Hall–Kier alpha value is -2.92. The Bertz CT molecular complexity index is 1010. The molecule has 0 aliphatic heterocycles. The number of carbonyl (C=O) groups excluding carboxylic acids is 2. The SMILES string of the molecule is COC(=O)CCCc1cn(C(C)(C)C)s/c1=N\C(=O)c1cc(C#N)ccc1OC. The number of hydrogen-bond acceptors (Lipinski definition) is 6. The molecule has 2 rings (SSSR count). The number of hydrogen-bond donors (Lipinski definition) is 0. The van der Waals surface area contributed by atoms with E-state index in [1.54, 1.807) is 12.1 Å². The average molecular weight is 416 g/mol. The van der Waals surface area contributed by atoms with Crippen LogP contribution in [-0.2, 0) is 21.5 Å². The molecule has 0 saturated heterocycles. The summed E-state index contributed by atoms with van der Waals surface area (Å²) in [4.78, 5) is 28.6. The number of carbonyl (C=O) groups is 2. The van der Waals surface area contributed by atoms with Gasteiger partial charge in [-0.1, -0.05) is 0 Å². The van der Waals surface area contributed by atoms with E-state index in [0.717, 1.165) is 5.56 Å². The zero-order valence-electron chi connectivity index (χ0n) is 17.3. The van der Waals surface area contributed by atoms with Gasteiger partial charge in [-0.25, -0.2) is 0 Å². The van der Waals surface area contributed by atoms with E-state index in [1.165, 1.54) is 31.8 Å². The summed E-state index contributed by atoms with van der Waals surface area (Å²) in [6, 6.07) is 6.68. The van der Waals surface area contributed by atoms with Crippen molar-refractivity contribution < 1.29 is 19.1 Å². The zero-order valence-corrected chi connectivity index (χ0v) is 18.1. The number of nitriles is 1. The summed E-state index contributed by atoms with van der Waals surface area (Å²) in [5.41, 5.74) is 1.32. The van der Waals surface area contributed by atoms with E-state index >= 15 is 0 Å². The van der Waals surface area contributed by atoms with Gasteiger partial charge in [0, 0.05) is 23.7 Å². The van der Waals surface area contributed by atoms with E-state index in [2.05, 4.69) is 30.5 Å².